The van der Waals surface area contributed by atoms with Gasteiger partial charge in [-0.1, -0.05) is 5.21 Å². The Bertz CT molecular complexity index is 746. The average Bonchev–Trinajstić information content (AvgIpc) is 3.02. The molecule has 2 N–H and O–H groups in total. The molecule has 0 unspecified atom stereocenters. The van der Waals surface area contributed by atoms with Gasteiger partial charge in [-0.2, -0.15) is 5.10 Å². The fourth-order valence-corrected chi connectivity index (χ4v) is 2.12. The maximum Gasteiger partial charge on any atom is 0.322 e. The van der Waals surface area contributed by atoms with Crippen LogP contribution in [0.1, 0.15) is 17.0 Å². The molecular formula is C14H22N8O2. The minimum atomic E-state index is -0.311. The Morgan fingerprint density at radius 2 is 2.00 bits per heavy atom. The molecule has 3 amide bonds. The number of anilines is 1. The van der Waals surface area contributed by atoms with Crippen LogP contribution in [-0.4, -0.2) is 55.7 Å². The molecule has 2 aromatic heterocycles. The zero-order chi connectivity index (χ0) is 17.9. The normalized spacial score (nSPS) is 10.5. The summed E-state index contributed by atoms with van der Waals surface area (Å²) < 4.78 is 3.15. The summed E-state index contributed by atoms with van der Waals surface area (Å²) >= 11 is 0. The highest BCUT2D eigenvalue weighted by atomic mass is 16.2. The molecule has 0 saturated carbocycles. The zero-order valence-corrected chi connectivity index (χ0v) is 14.5. The van der Waals surface area contributed by atoms with E-state index < -0.39 is 0 Å². The fourth-order valence-electron chi connectivity index (χ4n) is 2.12. The molecule has 0 bridgehead atoms. The van der Waals surface area contributed by atoms with Gasteiger partial charge in [0.15, 0.2) is 5.82 Å². The van der Waals surface area contributed by atoms with E-state index in [1.54, 1.807) is 18.8 Å². The Labute approximate surface area is 139 Å². The van der Waals surface area contributed by atoms with Gasteiger partial charge in [-0.15, -0.1) is 5.10 Å². The smallest absolute Gasteiger partial charge is 0.322 e. The highest BCUT2D eigenvalue weighted by Crippen LogP contribution is 2.11. The van der Waals surface area contributed by atoms with Gasteiger partial charge in [0.2, 0.25) is 5.91 Å². The molecule has 0 radical (unpaired) electrons. The lowest BCUT2D eigenvalue weighted by molar-refractivity contribution is -0.122. The average molecular weight is 334 g/mol. The minimum absolute atomic E-state index is 0.0171. The maximum atomic E-state index is 12.0. The van der Waals surface area contributed by atoms with Crippen LogP contribution in [-0.2, 0) is 24.9 Å². The second-order valence-electron chi connectivity index (χ2n) is 5.68. The van der Waals surface area contributed by atoms with Gasteiger partial charge in [0, 0.05) is 38.9 Å². The van der Waals surface area contributed by atoms with Crippen LogP contribution in [0, 0.1) is 13.8 Å². The molecule has 0 aliphatic carbocycles. The van der Waals surface area contributed by atoms with Crippen molar-refractivity contribution in [2.45, 2.75) is 26.9 Å². The van der Waals surface area contributed by atoms with E-state index in [-0.39, 0.29) is 18.5 Å². The number of aryl methyl sites for hydroxylation is 2. The van der Waals surface area contributed by atoms with Gasteiger partial charge >= 0.3 is 6.03 Å². The van der Waals surface area contributed by atoms with Crippen molar-refractivity contribution in [2.75, 3.05) is 19.4 Å². The highest BCUT2D eigenvalue weighted by Gasteiger charge is 2.12. The topological polar surface area (TPSA) is 110 Å². The lowest BCUT2D eigenvalue weighted by Crippen LogP contribution is -2.28. The number of urea groups is 1. The van der Waals surface area contributed by atoms with Crippen molar-refractivity contribution in [1.29, 1.82) is 0 Å². The quantitative estimate of drug-likeness (QED) is 0.802. The summed E-state index contributed by atoms with van der Waals surface area (Å²) in [6, 6.07) is -0.311. The molecule has 10 heteroatoms. The number of carbonyl (C=O) groups is 2. The van der Waals surface area contributed by atoms with Crippen LogP contribution in [0.5, 0.6) is 0 Å². The summed E-state index contributed by atoms with van der Waals surface area (Å²) in [5.74, 6) is 0.0912. The standard InChI is InChI=1S/C14H22N8O2/c1-9-11(10(2)21(5)18-9)6-15-13(23)8-22-7-12(17-19-22)16-14(24)20(3)4/h7H,6,8H2,1-5H3,(H,15,23)(H,16,24). The molecule has 2 heterocycles. The highest BCUT2D eigenvalue weighted by molar-refractivity contribution is 5.87. The van der Waals surface area contributed by atoms with Gasteiger partial charge in [0.25, 0.3) is 0 Å². The molecule has 2 rings (SSSR count). The number of nitrogens with zero attached hydrogens (tertiary/aromatic N) is 6. The predicted octanol–water partition coefficient (Wildman–Crippen LogP) is 0.0383. The number of hydrogen-bond acceptors (Lipinski definition) is 5. The van der Waals surface area contributed by atoms with Crippen molar-refractivity contribution in [3.8, 4) is 0 Å². The van der Waals surface area contributed by atoms with E-state index in [2.05, 4.69) is 26.0 Å². The molecule has 0 aromatic carbocycles. The summed E-state index contributed by atoms with van der Waals surface area (Å²) in [6.45, 7) is 4.29. The third-order valence-electron chi connectivity index (χ3n) is 3.61. The third kappa shape index (κ3) is 4.09. The number of carbonyl (C=O) groups excluding carboxylic acids is 2. The Morgan fingerprint density at radius 1 is 1.29 bits per heavy atom. The first-order chi connectivity index (χ1) is 11.3. The SMILES string of the molecule is Cc1nn(C)c(C)c1CNC(=O)Cn1cc(NC(=O)N(C)C)nn1. The molecule has 0 fully saturated rings. The molecule has 0 aliphatic rings. The first-order valence-corrected chi connectivity index (χ1v) is 7.42. The van der Waals surface area contributed by atoms with E-state index in [1.807, 2.05) is 20.9 Å². The Balaban J connectivity index is 1.89. The van der Waals surface area contributed by atoms with Gasteiger partial charge in [0.05, 0.1) is 11.9 Å². The third-order valence-corrected chi connectivity index (χ3v) is 3.61. The van der Waals surface area contributed by atoms with Crippen molar-refractivity contribution < 1.29 is 9.59 Å². The number of aromatic nitrogens is 5. The van der Waals surface area contributed by atoms with Crippen LogP contribution in [0.3, 0.4) is 0 Å². The monoisotopic (exact) mass is 334 g/mol. The van der Waals surface area contributed by atoms with Crippen molar-refractivity contribution in [2.24, 2.45) is 7.05 Å². The first-order valence-electron chi connectivity index (χ1n) is 7.42. The van der Waals surface area contributed by atoms with Gasteiger partial charge in [0.1, 0.15) is 6.54 Å². The molecule has 0 aliphatic heterocycles. The molecule has 0 atom stereocenters. The van der Waals surface area contributed by atoms with E-state index in [9.17, 15) is 9.59 Å². The minimum Gasteiger partial charge on any atom is -0.350 e. The van der Waals surface area contributed by atoms with Crippen molar-refractivity contribution in [3.05, 3.63) is 23.1 Å². The molecule has 10 nitrogen and oxygen atoms in total. The van der Waals surface area contributed by atoms with E-state index in [1.165, 1.54) is 15.8 Å². The van der Waals surface area contributed by atoms with E-state index in [0.717, 1.165) is 17.0 Å². The second-order valence-corrected chi connectivity index (χ2v) is 5.68. The van der Waals surface area contributed by atoms with Crippen LogP contribution in [0.2, 0.25) is 0 Å². The van der Waals surface area contributed by atoms with Crippen molar-refractivity contribution >= 4 is 17.8 Å². The summed E-state index contributed by atoms with van der Waals surface area (Å²) in [5, 5.41) is 17.3. The van der Waals surface area contributed by atoms with Gasteiger partial charge in [-0.05, 0) is 13.8 Å². The molecule has 0 saturated heterocycles. The van der Waals surface area contributed by atoms with Crippen molar-refractivity contribution in [3.63, 3.8) is 0 Å². The Morgan fingerprint density at radius 3 is 2.58 bits per heavy atom. The predicted molar refractivity (Wildman–Crippen MR) is 87.3 cm³/mol. The van der Waals surface area contributed by atoms with E-state index in [0.29, 0.717) is 12.4 Å². The summed E-state index contributed by atoms with van der Waals surface area (Å²) in [7, 11) is 5.11. The second kappa shape index (κ2) is 7.11. The van der Waals surface area contributed by atoms with Crippen LogP contribution in [0.15, 0.2) is 6.20 Å². The number of nitrogens with one attached hydrogen (secondary N) is 2. The lowest BCUT2D eigenvalue weighted by Gasteiger charge is -2.09. The fraction of sp³-hybridized carbons (Fsp3) is 0.500. The van der Waals surface area contributed by atoms with E-state index in [4.69, 9.17) is 0 Å². The number of amides is 3. The van der Waals surface area contributed by atoms with Crippen LogP contribution in [0.25, 0.3) is 0 Å². The van der Waals surface area contributed by atoms with Crippen LogP contribution >= 0.6 is 0 Å². The summed E-state index contributed by atoms with van der Waals surface area (Å²) in [5.41, 5.74) is 2.91. The number of rotatable bonds is 5. The Hall–Kier alpha value is -2.91. The van der Waals surface area contributed by atoms with Gasteiger partial charge in [-0.3, -0.25) is 14.8 Å². The summed E-state index contributed by atoms with van der Waals surface area (Å²) in [6.07, 6.45) is 1.50. The molecule has 130 valence electrons. The molecule has 2 aromatic rings. The van der Waals surface area contributed by atoms with Crippen LogP contribution in [0.4, 0.5) is 10.6 Å². The molecule has 24 heavy (non-hydrogen) atoms. The van der Waals surface area contributed by atoms with Crippen LogP contribution < -0.4 is 10.6 Å². The number of hydrogen-bond donors (Lipinski definition) is 2. The lowest BCUT2D eigenvalue weighted by atomic mass is 10.2. The van der Waals surface area contributed by atoms with Gasteiger partial charge < -0.3 is 10.2 Å². The Kier molecular flexibility index (Phi) is 5.17. The maximum absolute atomic E-state index is 12.0. The largest absolute Gasteiger partial charge is 0.350 e. The zero-order valence-electron chi connectivity index (χ0n) is 14.5. The first kappa shape index (κ1) is 17.4. The van der Waals surface area contributed by atoms with E-state index >= 15 is 0 Å². The van der Waals surface area contributed by atoms with Crippen molar-refractivity contribution in [1.82, 2.24) is 35.0 Å². The van der Waals surface area contributed by atoms with Gasteiger partial charge in [-0.25, -0.2) is 9.48 Å². The molecular weight excluding hydrogens is 312 g/mol. The molecule has 0 spiro atoms. The summed E-state index contributed by atoms with van der Waals surface area (Å²) in [4.78, 5) is 24.9.